The Morgan fingerprint density at radius 1 is 1.22 bits per heavy atom. The van der Waals surface area contributed by atoms with E-state index in [1.54, 1.807) is 9.47 Å². The topological polar surface area (TPSA) is 158 Å². The highest BCUT2D eigenvalue weighted by molar-refractivity contribution is 6.33. The molecule has 2 amide bonds. The normalized spacial score (nSPS) is 18.6. The number of likely N-dealkylation sites (tertiary alicyclic amines) is 1. The highest BCUT2D eigenvalue weighted by Crippen LogP contribution is 2.46. The number of piperidine rings is 1. The van der Waals surface area contributed by atoms with E-state index in [4.69, 9.17) is 25.8 Å². The molecule has 8 rings (SSSR count). The first-order valence-corrected chi connectivity index (χ1v) is 16.9. The van der Waals surface area contributed by atoms with Crippen molar-refractivity contribution in [1.29, 1.82) is 0 Å². The number of hydrogen-bond acceptors (Lipinski definition) is 9. The fraction of sp³-hybridized carbons (Fsp3) is 0.455. The minimum Gasteiger partial charge on any atom is -0.492 e. The van der Waals surface area contributed by atoms with Gasteiger partial charge in [-0.3, -0.25) is 19.5 Å². The van der Waals surface area contributed by atoms with Gasteiger partial charge < -0.3 is 29.0 Å². The number of alkyl halides is 3. The molecule has 4 aliphatic rings. The fourth-order valence-electron chi connectivity index (χ4n) is 7.10. The first-order valence-electron chi connectivity index (χ1n) is 16.5. The molecule has 1 aliphatic carbocycles. The number of rotatable bonds is 7. The molecule has 2 fully saturated rings. The van der Waals surface area contributed by atoms with Crippen LogP contribution in [-0.4, -0.2) is 79.5 Å². The van der Waals surface area contributed by atoms with Crippen molar-refractivity contribution < 1.29 is 37.0 Å². The Morgan fingerprint density at radius 2 is 2.00 bits per heavy atom. The van der Waals surface area contributed by atoms with Gasteiger partial charge in [0.05, 0.1) is 54.5 Å². The predicted molar refractivity (Wildman–Crippen MR) is 174 cm³/mol. The van der Waals surface area contributed by atoms with Crippen LogP contribution in [0.1, 0.15) is 76.8 Å². The molecular weight excluding hydrogens is 697 g/mol. The number of benzene rings is 1. The Kier molecular flexibility index (Phi) is 8.18. The van der Waals surface area contributed by atoms with Crippen molar-refractivity contribution in [2.24, 2.45) is 0 Å². The summed E-state index contributed by atoms with van der Waals surface area (Å²) in [5, 5.41) is 14.0. The van der Waals surface area contributed by atoms with Crippen LogP contribution in [0.15, 0.2) is 29.1 Å². The SMILES string of the molecule is COc1c(C2CC2)n[nH]c1C(=O)N1CCC2(CC1)OCc1c2c(=O)n2nc(C3=CCOCC3)nc2n1CC(=O)Nc1ccc(C(F)(F)F)cc1Cl. The Morgan fingerprint density at radius 3 is 2.67 bits per heavy atom. The molecule has 1 saturated heterocycles. The van der Waals surface area contributed by atoms with Gasteiger partial charge in [0.1, 0.15) is 17.8 Å². The summed E-state index contributed by atoms with van der Waals surface area (Å²) in [7, 11) is 1.51. The lowest BCUT2D eigenvalue weighted by molar-refractivity contribution is -0.137. The van der Waals surface area contributed by atoms with Crippen molar-refractivity contribution in [2.75, 3.05) is 38.7 Å². The molecule has 18 heteroatoms. The van der Waals surface area contributed by atoms with E-state index in [0.717, 1.165) is 46.8 Å². The van der Waals surface area contributed by atoms with Crippen LogP contribution in [0.5, 0.6) is 5.75 Å². The van der Waals surface area contributed by atoms with Gasteiger partial charge in [-0.25, -0.2) is 0 Å². The zero-order valence-electron chi connectivity index (χ0n) is 27.3. The number of methoxy groups -OCH3 is 1. The van der Waals surface area contributed by atoms with Gasteiger partial charge in [-0.15, -0.1) is 5.10 Å². The van der Waals surface area contributed by atoms with Crippen molar-refractivity contribution in [1.82, 2.24) is 34.3 Å². The van der Waals surface area contributed by atoms with Crippen LogP contribution in [0.2, 0.25) is 5.02 Å². The molecule has 0 unspecified atom stereocenters. The van der Waals surface area contributed by atoms with E-state index in [9.17, 15) is 27.6 Å². The van der Waals surface area contributed by atoms with Crippen LogP contribution in [0.25, 0.3) is 11.4 Å². The summed E-state index contributed by atoms with van der Waals surface area (Å²) in [6.07, 6.45) is 0.312. The number of aromatic nitrogens is 6. The second kappa shape index (κ2) is 12.5. The van der Waals surface area contributed by atoms with E-state index in [1.807, 2.05) is 6.08 Å². The van der Waals surface area contributed by atoms with Crippen molar-refractivity contribution in [3.05, 3.63) is 73.7 Å². The van der Waals surface area contributed by atoms with Gasteiger partial charge in [-0.2, -0.15) is 27.8 Å². The monoisotopic (exact) mass is 728 g/mol. The minimum absolute atomic E-state index is 0.0131. The third kappa shape index (κ3) is 5.86. The van der Waals surface area contributed by atoms with Gasteiger partial charge in [-0.05, 0) is 55.9 Å². The lowest BCUT2D eigenvalue weighted by Gasteiger charge is -2.38. The number of ether oxygens (including phenoxy) is 3. The Bertz CT molecular complexity index is 2160. The molecule has 0 radical (unpaired) electrons. The summed E-state index contributed by atoms with van der Waals surface area (Å²) in [6, 6.07) is 2.65. The van der Waals surface area contributed by atoms with Crippen LogP contribution >= 0.6 is 11.6 Å². The van der Waals surface area contributed by atoms with E-state index in [1.165, 1.54) is 7.11 Å². The van der Waals surface area contributed by atoms with Crippen molar-refractivity contribution in [2.45, 2.75) is 63.0 Å². The molecule has 3 aromatic heterocycles. The molecular formula is C33H32ClF3N8O6. The summed E-state index contributed by atoms with van der Waals surface area (Å²) in [4.78, 5) is 47.7. The number of nitrogens with zero attached hydrogens (tertiary/aromatic N) is 6. The molecule has 2 N–H and O–H groups in total. The number of carbonyl (C=O) groups excluding carboxylic acids is 2. The Labute approximate surface area is 292 Å². The molecule has 6 heterocycles. The molecule has 3 aliphatic heterocycles. The highest BCUT2D eigenvalue weighted by atomic mass is 35.5. The summed E-state index contributed by atoms with van der Waals surface area (Å²) >= 11 is 6.12. The minimum atomic E-state index is -4.61. The predicted octanol–water partition coefficient (Wildman–Crippen LogP) is 4.28. The molecule has 1 saturated carbocycles. The Balaban J connectivity index is 1.12. The Hall–Kier alpha value is -4.74. The number of nitrogens with one attached hydrogen (secondary N) is 2. The molecule has 1 aromatic carbocycles. The lowest BCUT2D eigenvalue weighted by Crippen LogP contribution is -2.47. The standard InChI is InChI=1S/C33H32ClF3N8O6/c1-49-27-25(17-2-3-17)40-41-26(27)30(48)43-10-8-32(9-11-43)24-22(16-51-32)44(15-23(46)38-21-5-4-19(14-20(21)34)33(35,36)37)31-39-28(42-45(31)29(24)47)18-6-12-50-13-7-18/h4-6,14,17H,2-3,7-13,15-16H2,1H3,(H,38,46)(H,40,41). The zero-order valence-corrected chi connectivity index (χ0v) is 28.1. The number of halogens is 4. The smallest absolute Gasteiger partial charge is 0.416 e. The maximum atomic E-state index is 14.3. The molecule has 0 bridgehead atoms. The van der Waals surface area contributed by atoms with E-state index in [-0.39, 0.29) is 73.1 Å². The third-order valence-corrected chi connectivity index (χ3v) is 10.2. The first-order chi connectivity index (χ1) is 24.5. The fourth-order valence-corrected chi connectivity index (χ4v) is 7.33. The molecule has 51 heavy (non-hydrogen) atoms. The van der Waals surface area contributed by atoms with E-state index in [2.05, 4.69) is 25.6 Å². The van der Waals surface area contributed by atoms with Crippen LogP contribution < -0.4 is 15.6 Å². The molecule has 0 atom stereocenters. The number of hydrogen-bond donors (Lipinski definition) is 2. The second-order valence-electron chi connectivity index (χ2n) is 13.0. The van der Waals surface area contributed by atoms with Gasteiger partial charge >= 0.3 is 6.18 Å². The van der Waals surface area contributed by atoms with Crippen LogP contribution in [0.3, 0.4) is 0 Å². The molecule has 14 nitrogen and oxygen atoms in total. The average molecular weight is 729 g/mol. The van der Waals surface area contributed by atoms with E-state index in [0.29, 0.717) is 42.5 Å². The number of carbonyl (C=O) groups is 2. The zero-order chi connectivity index (χ0) is 35.7. The van der Waals surface area contributed by atoms with Gasteiger partial charge in [-0.1, -0.05) is 17.7 Å². The van der Waals surface area contributed by atoms with Gasteiger partial charge in [0, 0.05) is 19.0 Å². The summed E-state index contributed by atoms with van der Waals surface area (Å²) in [5.41, 5.74) is 0.0634. The van der Waals surface area contributed by atoms with Crippen molar-refractivity contribution >= 4 is 40.5 Å². The second-order valence-corrected chi connectivity index (χ2v) is 13.4. The quantitative estimate of drug-likeness (QED) is 0.284. The van der Waals surface area contributed by atoms with Crippen LogP contribution in [0, 0.1) is 0 Å². The number of amides is 2. The maximum Gasteiger partial charge on any atom is 0.416 e. The summed E-state index contributed by atoms with van der Waals surface area (Å²) in [5.74, 6) is 0.247. The molecule has 4 aromatic rings. The number of anilines is 1. The van der Waals surface area contributed by atoms with E-state index >= 15 is 0 Å². The molecule has 268 valence electrons. The van der Waals surface area contributed by atoms with Crippen molar-refractivity contribution in [3.63, 3.8) is 0 Å². The van der Waals surface area contributed by atoms with Gasteiger partial charge in [0.15, 0.2) is 17.3 Å². The van der Waals surface area contributed by atoms with E-state index < -0.39 is 28.8 Å². The average Bonchev–Trinajstić information content (AvgIpc) is 3.54. The van der Waals surface area contributed by atoms with Crippen molar-refractivity contribution in [3.8, 4) is 5.75 Å². The summed E-state index contributed by atoms with van der Waals surface area (Å²) in [6.45, 7) is 0.938. The third-order valence-electron chi connectivity index (χ3n) is 9.90. The molecule has 1 spiro atoms. The van der Waals surface area contributed by atoms with Gasteiger partial charge in [0.2, 0.25) is 11.7 Å². The lowest BCUT2D eigenvalue weighted by atomic mass is 9.85. The number of H-pyrrole nitrogens is 1. The van der Waals surface area contributed by atoms with Crippen LogP contribution in [0.4, 0.5) is 18.9 Å². The number of aromatic amines is 1. The largest absolute Gasteiger partial charge is 0.492 e. The summed E-state index contributed by atoms with van der Waals surface area (Å²) < 4.78 is 59.7. The van der Waals surface area contributed by atoms with Gasteiger partial charge in [0.25, 0.3) is 11.5 Å². The number of fused-ring (bicyclic) bond motifs is 3. The highest BCUT2D eigenvalue weighted by Gasteiger charge is 2.48. The maximum absolute atomic E-state index is 14.3. The first kappa shape index (κ1) is 33.4. The van der Waals surface area contributed by atoms with Crippen LogP contribution in [-0.2, 0) is 39.2 Å².